The van der Waals surface area contributed by atoms with Crippen molar-refractivity contribution in [1.82, 2.24) is 0 Å². The van der Waals surface area contributed by atoms with Crippen LogP contribution in [0.4, 0.5) is 11.4 Å². The Morgan fingerprint density at radius 1 is 1.33 bits per heavy atom. The second kappa shape index (κ2) is 5.48. The van der Waals surface area contributed by atoms with Crippen LogP contribution in [0, 0.1) is 0 Å². The largest absolute Gasteiger partial charge is 0.326 e. The van der Waals surface area contributed by atoms with Gasteiger partial charge >= 0.3 is 0 Å². The van der Waals surface area contributed by atoms with E-state index in [1.54, 1.807) is 4.90 Å². The van der Waals surface area contributed by atoms with E-state index in [9.17, 15) is 9.59 Å². The minimum atomic E-state index is -0.313. The molecule has 112 valence electrons. The van der Waals surface area contributed by atoms with Gasteiger partial charge in [-0.25, -0.2) is 0 Å². The zero-order valence-corrected chi connectivity index (χ0v) is 12.1. The zero-order valence-electron chi connectivity index (χ0n) is 12.1. The molecule has 2 aliphatic rings. The fourth-order valence-electron chi connectivity index (χ4n) is 3.01. The molecule has 5 nitrogen and oxygen atoms in total. The lowest BCUT2D eigenvalue weighted by Crippen LogP contribution is -2.48. The van der Waals surface area contributed by atoms with Crippen LogP contribution in [0.1, 0.15) is 38.5 Å². The predicted octanol–water partition coefficient (Wildman–Crippen LogP) is 2.02. The van der Waals surface area contributed by atoms with E-state index in [0.717, 1.165) is 43.6 Å². The number of nitrogens with one attached hydrogen (secondary N) is 1. The van der Waals surface area contributed by atoms with Crippen LogP contribution in [0.3, 0.4) is 0 Å². The van der Waals surface area contributed by atoms with Crippen molar-refractivity contribution in [3.63, 3.8) is 0 Å². The van der Waals surface area contributed by atoms with Gasteiger partial charge in [-0.2, -0.15) is 0 Å². The highest BCUT2D eigenvalue weighted by Gasteiger charge is 2.34. The van der Waals surface area contributed by atoms with Crippen LogP contribution in [0.5, 0.6) is 0 Å². The molecule has 3 N–H and O–H groups in total. The van der Waals surface area contributed by atoms with Gasteiger partial charge in [0, 0.05) is 36.3 Å². The van der Waals surface area contributed by atoms with Gasteiger partial charge in [0.2, 0.25) is 11.8 Å². The van der Waals surface area contributed by atoms with Crippen molar-refractivity contribution in [2.45, 2.75) is 44.1 Å². The molecular formula is C16H21N3O2. The van der Waals surface area contributed by atoms with E-state index in [-0.39, 0.29) is 17.4 Å². The number of benzene rings is 1. The molecule has 3 rings (SSSR count). The highest BCUT2D eigenvalue weighted by Crippen LogP contribution is 2.32. The van der Waals surface area contributed by atoms with E-state index >= 15 is 0 Å². The number of carbonyl (C=O) groups is 2. The van der Waals surface area contributed by atoms with Crippen LogP contribution in [0.2, 0.25) is 0 Å². The fraction of sp³-hybridized carbons (Fsp3) is 0.500. The summed E-state index contributed by atoms with van der Waals surface area (Å²) in [6, 6.07) is 7.45. The third-order valence-corrected chi connectivity index (χ3v) is 4.38. The number of hydrogen-bond donors (Lipinski definition) is 2. The molecule has 0 bridgehead atoms. The molecule has 2 amide bonds. The summed E-state index contributed by atoms with van der Waals surface area (Å²) in [5, 5.41) is 2.89. The van der Waals surface area contributed by atoms with Gasteiger partial charge in [0.1, 0.15) is 0 Å². The molecule has 0 aromatic heterocycles. The Hall–Kier alpha value is -1.88. The molecule has 1 aliphatic carbocycles. The summed E-state index contributed by atoms with van der Waals surface area (Å²) in [6.07, 6.45) is 4.80. The molecule has 1 aromatic rings. The monoisotopic (exact) mass is 287 g/mol. The van der Waals surface area contributed by atoms with Gasteiger partial charge in [0.15, 0.2) is 0 Å². The van der Waals surface area contributed by atoms with E-state index in [1.165, 1.54) is 0 Å². The van der Waals surface area contributed by atoms with Crippen molar-refractivity contribution in [1.29, 1.82) is 0 Å². The first-order valence-corrected chi connectivity index (χ1v) is 7.55. The smallest absolute Gasteiger partial charge is 0.227 e. The quantitative estimate of drug-likeness (QED) is 0.889. The summed E-state index contributed by atoms with van der Waals surface area (Å²) >= 11 is 0. The summed E-state index contributed by atoms with van der Waals surface area (Å²) in [5.41, 5.74) is 7.35. The number of anilines is 2. The van der Waals surface area contributed by atoms with Gasteiger partial charge in [-0.3, -0.25) is 9.59 Å². The topological polar surface area (TPSA) is 75.4 Å². The van der Waals surface area contributed by atoms with Crippen molar-refractivity contribution < 1.29 is 9.59 Å². The van der Waals surface area contributed by atoms with E-state index in [2.05, 4.69) is 5.32 Å². The second-order valence-corrected chi connectivity index (χ2v) is 6.14. The molecule has 1 saturated heterocycles. The molecule has 0 radical (unpaired) electrons. The van der Waals surface area contributed by atoms with Gasteiger partial charge < -0.3 is 16.0 Å². The Bertz CT molecular complexity index is 566. The van der Waals surface area contributed by atoms with Gasteiger partial charge in [-0.15, -0.1) is 0 Å². The zero-order chi connectivity index (χ0) is 14.9. The normalized spacial score (nSPS) is 20.2. The Balaban J connectivity index is 1.65. The summed E-state index contributed by atoms with van der Waals surface area (Å²) in [7, 11) is 0. The van der Waals surface area contributed by atoms with Crippen LogP contribution < -0.4 is 16.0 Å². The average Bonchev–Trinajstić information content (AvgIpc) is 2.83. The van der Waals surface area contributed by atoms with E-state index in [4.69, 9.17) is 5.73 Å². The van der Waals surface area contributed by atoms with E-state index in [0.29, 0.717) is 12.8 Å². The van der Waals surface area contributed by atoms with Gasteiger partial charge in [-0.1, -0.05) is 6.07 Å². The minimum absolute atomic E-state index is 0.0536. The molecule has 1 aliphatic heterocycles. The number of carbonyl (C=O) groups excluding carboxylic acids is 2. The average molecular weight is 287 g/mol. The molecule has 0 atom stereocenters. The van der Waals surface area contributed by atoms with Crippen molar-refractivity contribution in [2.24, 2.45) is 5.73 Å². The Labute approximate surface area is 124 Å². The predicted molar refractivity (Wildman–Crippen MR) is 82.0 cm³/mol. The molecular weight excluding hydrogens is 266 g/mol. The van der Waals surface area contributed by atoms with Gasteiger partial charge in [0.25, 0.3) is 0 Å². The molecule has 0 unspecified atom stereocenters. The standard InChI is InChI=1S/C16H21N3O2/c17-16(7-3-8-16)11-14(20)18-12-4-1-5-13(10-12)19-9-2-6-15(19)21/h1,4-5,10H,2-3,6-9,11,17H2,(H,18,20). The van der Waals surface area contributed by atoms with Crippen LogP contribution in [-0.4, -0.2) is 23.9 Å². The molecule has 5 heteroatoms. The second-order valence-electron chi connectivity index (χ2n) is 6.14. The van der Waals surface area contributed by atoms with Crippen molar-refractivity contribution >= 4 is 23.2 Å². The van der Waals surface area contributed by atoms with Crippen molar-refractivity contribution in [3.05, 3.63) is 24.3 Å². The number of hydrogen-bond acceptors (Lipinski definition) is 3. The SMILES string of the molecule is NC1(CC(=O)Nc2cccc(N3CCCC3=O)c2)CCC1. The molecule has 2 fully saturated rings. The molecule has 1 heterocycles. The fourth-order valence-corrected chi connectivity index (χ4v) is 3.01. The third-order valence-electron chi connectivity index (χ3n) is 4.38. The Morgan fingerprint density at radius 3 is 2.76 bits per heavy atom. The maximum Gasteiger partial charge on any atom is 0.227 e. The first kappa shape index (κ1) is 14.1. The Morgan fingerprint density at radius 2 is 2.14 bits per heavy atom. The maximum absolute atomic E-state index is 12.0. The van der Waals surface area contributed by atoms with E-state index < -0.39 is 0 Å². The summed E-state index contributed by atoms with van der Waals surface area (Å²) < 4.78 is 0. The molecule has 0 spiro atoms. The Kier molecular flexibility index (Phi) is 3.68. The van der Waals surface area contributed by atoms with Crippen molar-refractivity contribution in [2.75, 3.05) is 16.8 Å². The van der Waals surface area contributed by atoms with Crippen LogP contribution in [0.15, 0.2) is 24.3 Å². The lowest BCUT2D eigenvalue weighted by molar-refractivity contribution is -0.118. The molecule has 21 heavy (non-hydrogen) atoms. The highest BCUT2D eigenvalue weighted by molar-refractivity contribution is 5.97. The highest BCUT2D eigenvalue weighted by atomic mass is 16.2. The van der Waals surface area contributed by atoms with Crippen LogP contribution >= 0.6 is 0 Å². The first-order valence-electron chi connectivity index (χ1n) is 7.55. The number of rotatable bonds is 4. The number of amides is 2. The lowest BCUT2D eigenvalue weighted by atomic mass is 9.75. The van der Waals surface area contributed by atoms with Crippen LogP contribution in [0.25, 0.3) is 0 Å². The maximum atomic E-state index is 12.0. The van der Waals surface area contributed by atoms with E-state index in [1.807, 2.05) is 24.3 Å². The number of nitrogens with zero attached hydrogens (tertiary/aromatic N) is 1. The summed E-state index contributed by atoms with van der Waals surface area (Å²) in [5.74, 6) is 0.0935. The van der Waals surface area contributed by atoms with Crippen molar-refractivity contribution in [3.8, 4) is 0 Å². The van der Waals surface area contributed by atoms with Crippen LogP contribution in [-0.2, 0) is 9.59 Å². The summed E-state index contributed by atoms with van der Waals surface area (Å²) in [4.78, 5) is 25.6. The first-order chi connectivity index (χ1) is 10.1. The third kappa shape index (κ3) is 3.08. The summed E-state index contributed by atoms with van der Waals surface area (Å²) in [6.45, 7) is 0.752. The molecule has 1 saturated carbocycles. The van der Waals surface area contributed by atoms with Gasteiger partial charge in [0.05, 0.1) is 0 Å². The minimum Gasteiger partial charge on any atom is -0.326 e. The number of nitrogens with two attached hydrogens (primary N) is 1. The molecule has 1 aromatic carbocycles. The van der Waals surface area contributed by atoms with Gasteiger partial charge in [-0.05, 0) is 43.9 Å². The lowest BCUT2D eigenvalue weighted by Gasteiger charge is -2.37.